The van der Waals surface area contributed by atoms with E-state index in [1.807, 2.05) is 7.05 Å². The van der Waals surface area contributed by atoms with Crippen LogP contribution in [0.25, 0.3) is 0 Å². The fraction of sp³-hybridized carbons (Fsp3) is 0.692. The van der Waals surface area contributed by atoms with Crippen molar-refractivity contribution in [2.45, 2.75) is 42.6 Å². The van der Waals surface area contributed by atoms with Crippen LogP contribution in [0.4, 0.5) is 0 Å². The van der Waals surface area contributed by atoms with Crippen LogP contribution in [0.1, 0.15) is 42.5 Å². The molecule has 18 heavy (non-hydrogen) atoms. The van der Waals surface area contributed by atoms with Crippen molar-refractivity contribution in [2.24, 2.45) is 13.0 Å². The highest BCUT2D eigenvalue weighted by atomic mass is 32.2. The molecular weight excluding hydrogens is 248 g/mol. The second kappa shape index (κ2) is 4.61. The quantitative estimate of drug-likeness (QED) is 0.765. The molecule has 2 atom stereocenters. The van der Waals surface area contributed by atoms with Gasteiger partial charge < -0.3 is 0 Å². The normalized spacial score (nSPS) is 35.4. The molecule has 1 aromatic rings. The maximum Gasteiger partial charge on any atom is 0.169 e. The molecule has 0 saturated carbocycles. The number of ketones is 1. The first-order chi connectivity index (χ1) is 8.65. The lowest BCUT2D eigenvalue weighted by molar-refractivity contribution is 0.0895. The maximum absolute atomic E-state index is 12.4. The van der Waals surface area contributed by atoms with Crippen LogP contribution in [0.2, 0.25) is 0 Å². The summed E-state index contributed by atoms with van der Waals surface area (Å²) in [7, 11) is 1.12. The SMILES string of the molecule is Cn1cc(C(=O)C2CC3CCCC(C2)S3=O)cn1. The van der Waals surface area contributed by atoms with Gasteiger partial charge in [-0.05, 0) is 25.7 Å². The third-order valence-corrected chi connectivity index (χ3v) is 6.33. The number of nitrogens with zero attached hydrogens (tertiary/aromatic N) is 2. The van der Waals surface area contributed by atoms with Gasteiger partial charge in [-0.25, -0.2) is 0 Å². The van der Waals surface area contributed by atoms with Gasteiger partial charge in [-0.2, -0.15) is 5.10 Å². The Kier molecular flexibility index (Phi) is 3.09. The van der Waals surface area contributed by atoms with E-state index in [-0.39, 0.29) is 22.2 Å². The van der Waals surface area contributed by atoms with Crippen molar-refractivity contribution in [1.29, 1.82) is 0 Å². The number of Topliss-reactive ketones (excluding diaryl/α,β-unsaturated/α-hetero) is 1. The molecule has 0 aliphatic carbocycles. The molecule has 1 aromatic heterocycles. The smallest absolute Gasteiger partial charge is 0.169 e. The van der Waals surface area contributed by atoms with E-state index >= 15 is 0 Å². The van der Waals surface area contributed by atoms with Gasteiger partial charge in [-0.3, -0.25) is 13.7 Å². The van der Waals surface area contributed by atoms with E-state index in [9.17, 15) is 9.00 Å². The zero-order valence-electron chi connectivity index (χ0n) is 10.5. The number of carbonyl (C=O) groups is 1. The third-order valence-electron chi connectivity index (χ3n) is 4.16. The predicted octanol–water partition coefficient (Wildman–Crippen LogP) is 1.68. The van der Waals surface area contributed by atoms with E-state index < -0.39 is 10.8 Å². The number of aromatic nitrogens is 2. The lowest BCUT2D eigenvalue weighted by Gasteiger charge is -2.37. The number of fused-ring (bicyclic) bond motifs is 2. The monoisotopic (exact) mass is 266 g/mol. The van der Waals surface area contributed by atoms with Gasteiger partial charge in [0.2, 0.25) is 0 Å². The molecule has 4 nitrogen and oxygen atoms in total. The van der Waals surface area contributed by atoms with Gasteiger partial charge >= 0.3 is 0 Å². The molecule has 2 unspecified atom stereocenters. The van der Waals surface area contributed by atoms with Gasteiger partial charge in [-0.15, -0.1) is 0 Å². The Hall–Kier alpha value is -0.970. The molecule has 0 spiro atoms. The van der Waals surface area contributed by atoms with Crippen molar-refractivity contribution < 1.29 is 9.00 Å². The largest absolute Gasteiger partial charge is 0.294 e. The molecule has 3 heterocycles. The molecule has 0 N–H and O–H groups in total. The summed E-state index contributed by atoms with van der Waals surface area (Å²) in [6.07, 6.45) is 8.26. The first kappa shape index (κ1) is 12.1. The molecule has 2 bridgehead atoms. The Morgan fingerprint density at radius 1 is 1.39 bits per heavy atom. The van der Waals surface area contributed by atoms with Gasteiger partial charge in [-0.1, -0.05) is 6.42 Å². The summed E-state index contributed by atoms with van der Waals surface area (Å²) in [5.41, 5.74) is 0.702. The summed E-state index contributed by atoms with van der Waals surface area (Å²) in [5.74, 6) is 0.249. The van der Waals surface area contributed by atoms with Crippen molar-refractivity contribution in [3.63, 3.8) is 0 Å². The van der Waals surface area contributed by atoms with E-state index in [1.165, 1.54) is 6.42 Å². The fourth-order valence-electron chi connectivity index (χ4n) is 3.23. The van der Waals surface area contributed by atoms with E-state index in [0.717, 1.165) is 25.7 Å². The van der Waals surface area contributed by atoms with Crippen LogP contribution in [-0.4, -0.2) is 30.3 Å². The van der Waals surface area contributed by atoms with Crippen LogP contribution in [-0.2, 0) is 17.8 Å². The summed E-state index contributed by atoms with van der Waals surface area (Å²) in [6.45, 7) is 0. The van der Waals surface area contributed by atoms with Crippen molar-refractivity contribution in [1.82, 2.24) is 9.78 Å². The molecule has 98 valence electrons. The van der Waals surface area contributed by atoms with Crippen LogP contribution in [0.5, 0.6) is 0 Å². The minimum atomic E-state index is -0.697. The Balaban J connectivity index is 1.78. The Morgan fingerprint density at radius 3 is 2.61 bits per heavy atom. The van der Waals surface area contributed by atoms with Crippen molar-refractivity contribution >= 4 is 16.6 Å². The van der Waals surface area contributed by atoms with Crippen LogP contribution >= 0.6 is 0 Å². The number of aryl methyl sites for hydroxylation is 1. The molecule has 0 radical (unpaired) electrons. The third kappa shape index (κ3) is 2.05. The van der Waals surface area contributed by atoms with Crippen molar-refractivity contribution in [3.05, 3.63) is 18.0 Å². The fourth-order valence-corrected chi connectivity index (χ4v) is 5.42. The molecule has 2 aliphatic rings. The molecule has 5 heteroatoms. The van der Waals surface area contributed by atoms with E-state index in [2.05, 4.69) is 5.10 Å². The molecule has 0 aromatic carbocycles. The second-order valence-electron chi connectivity index (χ2n) is 5.44. The van der Waals surface area contributed by atoms with E-state index in [1.54, 1.807) is 17.1 Å². The van der Waals surface area contributed by atoms with Crippen LogP contribution in [0.3, 0.4) is 0 Å². The van der Waals surface area contributed by atoms with Crippen molar-refractivity contribution in [2.75, 3.05) is 0 Å². The van der Waals surface area contributed by atoms with Gasteiger partial charge in [0.15, 0.2) is 5.78 Å². The Labute approximate surface area is 109 Å². The molecule has 2 fully saturated rings. The summed E-state index contributed by atoms with van der Waals surface area (Å²) in [5, 5.41) is 4.56. The second-order valence-corrected chi connectivity index (χ2v) is 7.43. The Morgan fingerprint density at radius 2 is 2.06 bits per heavy atom. The highest BCUT2D eigenvalue weighted by Gasteiger charge is 2.40. The minimum absolute atomic E-state index is 0.0576. The zero-order valence-corrected chi connectivity index (χ0v) is 11.4. The van der Waals surface area contributed by atoms with Crippen molar-refractivity contribution in [3.8, 4) is 0 Å². The molecule has 2 aliphatic heterocycles. The average Bonchev–Trinajstić information content (AvgIpc) is 2.74. The lowest BCUT2D eigenvalue weighted by atomic mass is 9.85. The summed E-state index contributed by atoms with van der Waals surface area (Å²) in [4.78, 5) is 12.4. The first-order valence-corrected chi connectivity index (χ1v) is 7.85. The van der Waals surface area contributed by atoms with E-state index in [4.69, 9.17) is 0 Å². The molecule has 0 amide bonds. The maximum atomic E-state index is 12.4. The predicted molar refractivity (Wildman–Crippen MR) is 69.8 cm³/mol. The Bertz CT molecular complexity index is 481. The van der Waals surface area contributed by atoms with Gasteiger partial charge in [0.25, 0.3) is 0 Å². The summed E-state index contributed by atoms with van der Waals surface area (Å²) in [6, 6.07) is 0. The van der Waals surface area contributed by atoms with Crippen LogP contribution < -0.4 is 0 Å². The zero-order chi connectivity index (χ0) is 12.7. The van der Waals surface area contributed by atoms with Crippen LogP contribution in [0.15, 0.2) is 12.4 Å². The summed E-state index contributed by atoms with van der Waals surface area (Å²) < 4.78 is 13.8. The van der Waals surface area contributed by atoms with Gasteiger partial charge in [0.05, 0.1) is 11.8 Å². The van der Waals surface area contributed by atoms with E-state index in [0.29, 0.717) is 5.56 Å². The number of rotatable bonds is 2. The first-order valence-electron chi connectivity index (χ1n) is 6.57. The molecule has 3 rings (SSSR count). The average molecular weight is 266 g/mol. The van der Waals surface area contributed by atoms with Crippen LogP contribution in [0, 0.1) is 5.92 Å². The molecular formula is C13H18N2O2S. The van der Waals surface area contributed by atoms with Gasteiger partial charge in [0.1, 0.15) is 0 Å². The highest BCUT2D eigenvalue weighted by molar-refractivity contribution is 7.86. The minimum Gasteiger partial charge on any atom is -0.294 e. The lowest BCUT2D eigenvalue weighted by Crippen LogP contribution is -2.41. The van der Waals surface area contributed by atoms with Gasteiger partial charge in [0, 0.05) is 40.5 Å². The molecule has 2 saturated heterocycles. The standard InChI is InChI=1S/C13H18N2O2S/c1-15-8-10(7-14-15)13(16)9-5-11-3-2-4-12(6-9)18(11)17/h7-9,11-12H,2-6H2,1H3. The topological polar surface area (TPSA) is 52.0 Å². The number of carbonyl (C=O) groups excluding carboxylic acids is 1. The summed E-state index contributed by atoms with van der Waals surface area (Å²) >= 11 is 0. The number of hydrogen-bond donors (Lipinski definition) is 0. The number of hydrogen-bond acceptors (Lipinski definition) is 3. The highest BCUT2D eigenvalue weighted by Crippen LogP contribution is 2.38.